The fourth-order valence-electron chi connectivity index (χ4n) is 1.47. The van der Waals surface area contributed by atoms with Crippen molar-refractivity contribution in [1.82, 2.24) is 9.97 Å². The zero-order chi connectivity index (χ0) is 12.3. The molecule has 0 aliphatic carbocycles. The van der Waals surface area contributed by atoms with Crippen LogP contribution in [-0.4, -0.2) is 16.1 Å². The lowest BCUT2D eigenvalue weighted by Crippen LogP contribution is -2.11. The van der Waals surface area contributed by atoms with Crippen LogP contribution in [0.3, 0.4) is 0 Å². The van der Waals surface area contributed by atoms with Gasteiger partial charge >= 0.3 is 6.18 Å². The van der Waals surface area contributed by atoms with Gasteiger partial charge in [0.25, 0.3) is 0 Å². The Labute approximate surface area is 96.9 Å². The predicted molar refractivity (Wildman–Crippen MR) is 57.9 cm³/mol. The van der Waals surface area contributed by atoms with Gasteiger partial charge in [0.2, 0.25) is 0 Å². The maximum atomic E-state index is 12.0. The Morgan fingerprint density at radius 1 is 1.38 bits per heavy atom. The fraction of sp³-hybridized carbons (Fsp3) is 0.600. The topological polar surface area (TPSA) is 28.7 Å². The van der Waals surface area contributed by atoms with E-state index in [1.807, 2.05) is 6.92 Å². The summed E-state index contributed by atoms with van der Waals surface area (Å²) in [6.07, 6.45) is -4.46. The van der Waals surface area contributed by atoms with E-state index in [0.717, 1.165) is 17.7 Å². The first-order chi connectivity index (χ1) is 7.33. The average molecular weight is 250 g/mol. The highest BCUT2D eigenvalue weighted by Crippen LogP contribution is 2.21. The van der Waals surface area contributed by atoms with Crippen LogP contribution in [0.2, 0.25) is 0 Å². The highest BCUT2D eigenvalue weighted by molar-refractivity contribution is 7.71. The summed E-state index contributed by atoms with van der Waals surface area (Å²) in [7, 11) is 0. The van der Waals surface area contributed by atoms with Crippen LogP contribution in [0.1, 0.15) is 30.4 Å². The quantitative estimate of drug-likeness (QED) is 0.832. The Morgan fingerprint density at radius 3 is 2.44 bits per heavy atom. The SMILES string of the molecule is CCc1c(C)[nH]c(CCC(F)(F)F)nc1=S. The van der Waals surface area contributed by atoms with Crippen LogP contribution >= 0.6 is 12.2 Å². The molecular formula is C10H13F3N2S. The summed E-state index contributed by atoms with van der Waals surface area (Å²) in [5, 5.41) is 0. The molecule has 0 spiro atoms. The van der Waals surface area contributed by atoms with Gasteiger partial charge in [0, 0.05) is 17.7 Å². The van der Waals surface area contributed by atoms with E-state index in [4.69, 9.17) is 12.2 Å². The number of hydrogen-bond acceptors (Lipinski definition) is 2. The molecule has 0 aliphatic rings. The van der Waals surface area contributed by atoms with Crippen LogP contribution < -0.4 is 0 Å². The zero-order valence-corrected chi connectivity index (χ0v) is 9.93. The molecule has 1 aromatic heterocycles. The highest BCUT2D eigenvalue weighted by atomic mass is 32.1. The monoisotopic (exact) mass is 250 g/mol. The minimum Gasteiger partial charge on any atom is -0.347 e. The van der Waals surface area contributed by atoms with Crippen LogP contribution in [0.15, 0.2) is 0 Å². The molecule has 0 aliphatic heterocycles. The van der Waals surface area contributed by atoms with Gasteiger partial charge in [0.05, 0.1) is 6.42 Å². The number of nitrogens with zero attached hydrogens (tertiary/aromatic N) is 1. The van der Waals surface area contributed by atoms with Gasteiger partial charge in [0.15, 0.2) is 0 Å². The first-order valence-corrected chi connectivity index (χ1v) is 5.39. The average Bonchev–Trinajstić information content (AvgIpc) is 2.13. The van der Waals surface area contributed by atoms with Crippen LogP contribution in [0.5, 0.6) is 0 Å². The first kappa shape index (κ1) is 13.2. The molecule has 0 amide bonds. The molecule has 90 valence electrons. The molecule has 0 fully saturated rings. The molecule has 0 saturated carbocycles. The van der Waals surface area contributed by atoms with E-state index in [1.165, 1.54) is 0 Å². The molecular weight excluding hydrogens is 237 g/mol. The first-order valence-electron chi connectivity index (χ1n) is 4.99. The van der Waals surface area contributed by atoms with Crippen molar-refractivity contribution in [3.05, 3.63) is 21.7 Å². The number of nitrogens with one attached hydrogen (secondary N) is 1. The number of alkyl halides is 3. The summed E-state index contributed by atoms with van der Waals surface area (Å²) in [5.41, 5.74) is 1.70. The predicted octanol–water partition coefficient (Wildman–Crippen LogP) is 3.50. The van der Waals surface area contributed by atoms with Gasteiger partial charge in [0.1, 0.15) is 10.5 Å². The minimum absolute atomic E-state index is 0.155. The molecule has 6 heteroatoms. The molecule has 0 saturated heterocycles. The molecule has 1 heterocycles. The van der Waals surface area contributed by atoms with E-state index in [0.29, 0.717) is 10.5 Å². The summed E-state index contributed by atoms with van der Waals surface area (Å²) in [5.74, 6) is 0.303. The van der Waals surface area contributed by atoms with Crippen molar-refractivity contribution in [1.29, 1.82) is 0 Å². The summed E-state index contributed by atoms with van der Waals surface area (Å²) >= 11 is 5.02. The van der Waals surface area contributed by atoms with Gasteiger partial charge in [-0.3, -0.25) is 0 Å². The molecule has 2 nitrogen and oxygen atoms in total. The molecule has 1 rings (SSSR count). The van der Waals surface area contributed by atoms with E-state index in [-0.39, 0.29) is 6.42 Å². The number of rotatable bonds is 3. The Bertz CT molecular complexity index is 423. The number of aryl methyl sites for hydroxylation is 2. The third-order valence-corrected chi connectivity index (χ3v) is 2.62. The fourth-order valence-corrected chi connectivity index (χ4v) is 1.87. The molecule has 0 radical (unpaired) electrons. The lowest BCUT2D eigenvalue weighted by atomic mass is 10.2. The van der Waals surface area contributed by atoms with Crippen molar-refractivity contribution in [2.45, 2.75) is 39.3 Å². The normalized spacial score (nSPS) is 11.8. The smallest absolute Gasteiger partial charge is 0.347 e. The lowest BCUT2D eigenvalue weighted by molar-refractivity contribution is -0.134. The van der Waals surface area contributed by atoms with Gasteiger partial charge < -0.3 is 4.98 Å². The van der Waals surface area contributed by atoms with Gasteiger partial charge in [-0.1, -0.05) is 19.1 Å². The summed E-state index contributed by atoms with van der Waals surface area (Å²) in [4.78, 5) is 6.83. The van der Waals surface area contributed by atoms with Gasteiger partial charge in [-0.2, -0.15) is 13.2 Å². The van der Waals surface area contributed by atoms with E-state index < -0.39 is 12.6 Å². The largest absolute Gasteiger partial charge is 0.389 e. The standard InChI is InChI=1S/C10H13F3N2S/c1-3-7-6(2)14-8(15-9(7)16)4-5-10(11,12)13/h3-5H2,1-2H3,(H,14,15,16). The van der Waals surface area contributed by atoms with Crippen LogP contribution in [0.25, 0.3) is 0 Å². The van der Waals surface area contributed by atoms with E-state index in [9.17, 15) is 13.2 Å². The maximum absolute atomic E-state index is 12.0. The van der Waals surface area contributed by atoms with Crippen LogP contribution in [-0.2, 0) is 12.8 Å². The Hall–Kier alpha value is -0.910. The second kappa shape index (κ2) is 4.95. The van der Waals surface area contributed by atoms with Crippen molar-refractivity contribution >= 4 is 12.2 Å². The number of hydrogen-bond donors (Lipinski definition) is 1. The molecule has 16 heavy (non-hydrogen) atoms. The molecule has 0 unspecified atom stereocenters. The Morgan fingerprint density at radius 2 is 2.00 bits per heavy atom. The van der Waals surface area contributed by atoms with E-state index in [1.54, 1.807) is 6.92 Å². The zero-order valence-electron chi connectivity index (χ0n) is 9.11. The maximum Gasteiger partial charge on any atom is 0.389 e. The van der Waals surface area contributed by atoms with E-state index >= 15 is 0 Å². The van der Waals surface area contributed by atoms with E-state index in [2.05, 4.69) is 9.97 Å². The van der Waals surface area contributed by atoms with Crippen LogP contribution in [0.4, 0.5) is 13.2 Å². The molecule has 0 aromatic carbocycles. The van der Waals surface area contributed by atoms with Gasteiger partial charge in [-0.15, -0.1) is 0 Å². The second-order valence-electron chi connectivity index (χ2n) is 3.56. The van der Waals surface area contributed by atoms with Crippen molar-refractivity contribution in [3.63, 3.8) is 0 Å². The number of halogens is 3. The molecule has 1 aromatic rings. The summed E-state index contributed by atoms with van der Waals surface area (Å²) in [6.45, 7) is 3.73. The Kier molecular flexibility index (Phi) is 4.07. The molecule has 0 atom stereocenters. The third-order valence-electron chi connectivity index (χ3n) is 2.28. The third kappa shape index (κ3) is 3.59. The van der Waals surface area contributed by atoms with Gasteiger partial charge in [-0.25, -0.2) is 4.98 Å². The summed E-state index contributed by atoms with van der Waals surface area (Å²) in [6, 6.07) is 0. The second-order valence-corrected chi connectivity index (χ2v) is 3.95. The Balaban J connectivity index is 2.88. The number of aromatic amines is 1. The van der Waals surface area contributed by atoms with Crippen molar-refractivity contribution in [3.8, 4) is 0 Å². The number of aromatic nitrogens is 2. The molecule has 0 bridgehead atoms. The summed E-state index contributed by atoms with van der Waals surface area (Å²) < 4.78 is 36.5. The lowest BCUT2D eigenvalue weighted by Gasteiger charge is -2.08. The van der Waals surface area contributed by atoms with Crippen LogP contribution in [0, 0.1) is 11.6 Å². The minimum atomic E-state index is -4.16. The molecule has 1 N–H and O–H groups in total. The van der Waals surface area contributed by atoms with Crippen molar-refractivity contribution in [2.24, 2.45) is 0 Å². The van der Waals surface area contributed by atoms with Gasteiger partial charge in [-0.05, 0) is 13.3 Å². The number of H-pyrrole nitrogens is 1. The van der Waals surface area contributed by atoms with Crippen molar-refractivity contribution in [2.75, 3.05) is 0 Å². The highest BCUT2D eigenvalue weighted by Gasteiger charge is 2.27. The van der Waals surface area contributed by atoms with Crippen molar-refractivity contribution < 1.29 is 13.2 Å².